The van der Waals surface area contributed by atoms with Crippen LogP contribution >= 0.6 is 10.5 Å². The molecule has 2 aromatic carbocycles. The molecule has 0 unspecified atom stereocenters. The van der Waals surface area contributed by atoms with E-state index in [1.807, 2.05) is 62.4 Å². The van der Waals surface area contributed by atoms with Crippen LogP contribution in [0.2, 0.25) is 0 Å². The number of hydrogen-bond acceptors (Lipinski definition) is 0. The molecule has 0 aliphatic carbocycles. The van der Waals surface area contributed by atoms with Crippen molar-refractivity contribution in [2.75, 3.05) is 0 Å². The molecule has 0 heterocycles. The van der Waals surface area contributed by atoms with Gasteiger partial charge in [0.2, 0.25) is 5.24 Å². The van der Waals surface area contributed by atoms with Crippen LogP contribution in [0.15, 0.2) is 58.3 Å². The quantitative estimate of drug-likeness (QED) is 0.795. The molecule has 0 saturated heterocycles. The van der Waals surface area contributed by atoms with E-state index >= 15 is 0 Å². The Morgan fingerprint density at radius 3 is 1.50 bits per heavy atom. The minimum absolute atomic E-state index is 0.529. The van der Waals surface area contributed by atoms with Crippen LogP contribution in [0.3, 0.4) is 0 Å². The first-order valence-electron chi connectivity index (χ1n) is 5.71. The minimum Gasteiger partial charge on any atom is -0.336 e. The highest BCUT2D eigenvalue weighted by molar-refractivity contribution is 8.15. The Hall–Kier alpha value is -1.42. The highest BCUT2D eigenvalue weighted by atomic mass is 32.2. The van der Waals surface area contributed by atoms with Crippen molar-refractivity contribution in [3.8, 4) is 0 Å². The Morgan fingerprint density at radius 1 is 0.778 bits per heavy atom. The van der Waals surface area contributed by atoms with E-state index in [9.17, 15) is 10.2 Å². The summed E-state index contributed by atoms with van der Waals surface area (Å²) in [5.41, 5.74) is 2.12. The molecule has 0 aliphatic heterocycles. The van der Waals surface area contributed by atoms with E-state index in [1.54, 1.807) is 0 Å². The zero-order valence-corrected chi connectivity index (χ0v) is 11.2. The van der Waals surface area contributed by atoms with Crippen molar-refractivity contribution in [1.82, 2.24) is 0 Å². The average Bonchev–Trinajstić information content (AvgIpc) is 2.34. The maximum Gasteiger partial charge on any atom is 0.214 e. The molecule has 3 heteroatoms. The predicted molar refractivity (Wildman–Crippen MR) is 76.7 cm³/mol. The SMILES string of the molecule is Cc1ccccc1S(=C(O)O)c1ccccc1C. The standard InChI is InChI=1S/C15H16O2S/c1-11-7-3-5-9-13(11)18(15(16)17)14-10-6-4-8-12(14)2/h3-10,16-17H,1-2H3. The van der Waals surface area contributed by atoms with Crippen LogP contribution in [0, 0.1) is 13.8 Å². The zero-order valence-electron chi connectivity index (χ0n) is 10.4. The second kappa shape index (κ2) is 5.48. The lowest BCUT2D eigenvalue weighted by Crippen LogP contribution is -1.98. The number of aryl methyl sites for hydroxylation is 2. The molecule has 0 saturated carbocycles. The summed E-state index contributed by atoms with van der Waals surface area (Å²) in [4.78, 5) is 1.90. The van der Waals surface area contributed by atoms with Crippen molar-refractivity contribution < 1.29 is 10.2 Å². The molecule has 94 valence electrons. The summed E-state index contributed by atoms with van der Waals surface area (Å²) in [6.45, 7) is 3.97. The largest absolute Gasteiger partial charge is 0.336 e. The van der Waals surface area contributed by atoms with Crippen molar-refractivity contribution in [2.45, 2.75) is 23.6 Å². The second-order valence-electron chi connectivity index (χ2n) is 4.12. The van der Waals surface area contributed by atoms with Crippen molar-refractivity contribution in [1.29, 1.82) is 0 Å². The van der Waals surface area contributed by atoms with Crippen molar-refractivity contribution in [3.05, 3.63) is 59.7 Å². The lowest BCUT2D eigenvalue weighted by molar-refractivity contribution is 0.384. The van der Waals surface area contributed by atoms with Gasteiger partial charge in [0, 0.05) is 9.79 Å². The highest BCUT2D eigenvalue weighted by Gasteiger charge is 2.12. The summed E-state index contributed by atoms with van der Waals surface area (Å²) in [6, 6.07) is 15.6. The van der Waals surface area contributed by atoms with E-state index in [4.69, 9.17) is 0 Å². The Labute approximate surface area is 109 Å². The molecule has 0 fully saturated rings. The average molecular weight is 260 g/mol. The van der Waals surface area contributed by atoms with Crippen LogP contribution in [0.25, 0.3) is 0 Å². The molecule has 2 rings (SSSR count). The second-order valence-corrected chi connectivity index (χ2v) is 5.98. The first kappa shape index (κ1) is 13.0. The van der Waals surface area contributed by atoms with Gasteiger partial charge in [-0.25, -0.2) is 0 Å². The summed E-state index contributed by atoms with van der Waals surface area (Å²) < 4.78 is 0. The Kier molecular flexibility index (Phi) is 3.97. The van der Waals surface area contributed by atoms with Gasteiger partial charge in [0.15, 0.2) is 0 Å². The molecular weight excluding hydrogens is 244 g/mol. The van der Waals surface area contributed by atoms with Gasteiger partial charge in [-0.15, -0.1) is 0 Å². The summed E-state index contributed by atoms with van der Waals surface area (Å²) in [7, 11) is -0.798. The highest BCUT2D eigenvalue weighted by Crippen LogP contribution is 2.39. The van der Waals surface area contributed by atoms with E-state index in [0.29, 0.717) is 0 Å². The lowest BCUT2D eigenvalue weighted by atomic mass is 10.2. The Balaban J connectivity index is 2.68. The summed E-state index contributed by atoms with van der Waals surface area (Å²) >= 11 is 0. The van der Waals surface area contributed by atoms with E-state index < -0.39 is 15.7 Å². The zero-order chi connectivity index (χ0) is 13.1. The Morgan fingerprint density at radius 2 is 1.17 bits per heavy atom. The number of rotatable bonds is 2. The fourth-order valence-corrected chi connectivity index (χ4v) is 3.73. The lowest BCUT2D eigenvalue weighted by Gasteiger charge is -2.15. The topological polar surface area (TPSA) is 40.5 Å². The van der Waals surface area contributed by atoms with Gasteiger partial charge < -0.3 is 10.2 Å². The molecule has 0 spiro atoms. The first-order chi connectivity index (χ1) is 8.61. The molecule has 2 nitrogen and oxygen atoms in total. The third-order valence-electron chi connectivity index (χ3n) is 2.81. The smallest absolute Gasteiger partial charge is 0.214 e. The predicted octanol–water partition coefficient (Wildman–Crippen LogP) is 4.19. The molecule has 0 aliphatic rings. The van der Waals surface area contributed by atoms with E-state index in [1.165, 1.54) is 0 Å². The minimum atomic E-state index is -0.798. The van der Waals surface area contributed by atoms with Gasteiger partial charge in [0.25, 0.3) is 0 Å². The molecule has 0 amide bonds. The molecule has 0 aromatic heterocycles. The van der Waals surface area contributed by atoms with Crippen molar-refractivity contribution in [3.63, 3.8) is 0 Å². The molecule has 2 aromatic rings. The van der Waals surface area contributed by atoms with Crippen LogP contribution in [0.4, 0.5) is 0 Å². The molecule has 18 heavy (non-hydrogen) atoms. The number of aliphatic hydroxyl groups excluding tert-OH is 1. The summed E-state index contributed by atoms with van der Waals surface area (Å²) in [6.07, 6.45) is 0. The van der Waals surface area contributed by atoms with E-state index in [2.05, 4.69) is 0 Å². The maximum absolute atomic E-state index is 9.65. The monoisotopic (exact) mass is 260 g/mol. The first-order valence-corrected chi connectivity index (χ1v) is 6.94. The van der Waals surface area contributed by atoms with Gasteiger partial charge in [-0.3, -0.25) is 0 Å². The van der Waals surface area contributed by atoms with Gasteiger partial charge in [-0.05, 0) is 37.1 Å². The van der Waals surface area contributed by atoms with Gasteiger partial charge in [-0.1, -0.05) is 46.9 Å². The summed E-state index contributed by atoms with van der Waals surface area (Å²) in [5, 5.41) is 18.8. The van der Waals surface area contributed by atoms with Crippen molar-refractivity contribution in [2.24, 2.45) is 0 Å². The van der Waals surface area contributed by atoms with Gasteiger partial charge in [0.05, 0.1) is 0 Å². The fourth-order valence-electron chi connectivity index (χ4n) is 1.89. The molecular formula is C15H16O2S. The molecule has 0 atom stereocenters. The van der Waals surface area contributed by atoms with Crippen molar-refractivity contribution >= 4 is 15.7 Å². The van der Waals surface area contributed by atoms with Gasteiger partial charge in [-0.2, -0.15) is 0 Å². The third kappa shape index (κ3) is 2.53. The maximum atomic E-state index is 9.65. The van der Waals surface area contributed by atoms with Gasteiger partial charge >= 0.3 is 0 Å². The third-order valence-corrected chi connectivity index (χ3v) is 4.97. The number of hydrogen-bond donors (Lipinski definition) is 2. The number of aliphatic hydroxyl groups is 2. The summed E-state index contributed by atoms with van der Waals surface area (Å²) in [5.74, 6) is 0. The molecule has 0 bridgehead atoms. The van der Waals surface area contributed by atoms with Gasteiger partial charge in [0.1, 0.15) is 0 Å². The normalized spacial score (nSPS) is 10.7. The number of benzene rings is 2. The van der Waals surface area contributed by atoms with Crippen LogP contribution in [0.5, 0.6) is 0 Å². The fraction of sp³-hybridized carbons (Fsp3) is 0.133. The molecule has 2 N–H and O–H groups in total. The van der Waals surface area contributed by atoms with Crippen LogP contribution < -0.4 is 0 Å². The van der Waals surface area contributed by atoms with E-state index in [0.717, 1.165) is 20.9 Å². The van der Waals surface area contributed by atoms with Crippen LogP contribution in [0.1, 0.15) is 11.1 Å². The Bertz CT molecular complexity index is 551. The van der Waals surface area contributed by atoms with Crippen LogP contribution in [-0.4, -0.2) is 15.4 Å². The van der Waals surface area contributed by atoms with Crippen LogP contribution in [-0.2, 0) is 0 Å². The van der Waals surface area contributed by atoms with E-state index in [-0.39, 0.29) is 0 Å². The molecule has 0 radical (unpaired) electrons.